The van der Waals surface area contributed by atoms with Crippen molar-refractivity contribution in [1.82, 2.24) is 24.1 Å². The van der Waals surface area contributed by atoms with Crippen LogP contribution in [0.15, 0.2) is 29.2 Å². The summed E-state index contributed by atoms with van der Waals surface area (Å²) in [5.41, 5.74) is 5.80. The summed E-state index contributed by atoms with van der Waals surface area (Å²) in [4.78, 5) is 22.3. The minimum absolute atomic E-state index is 0.0565. The molecule has 1 saturated heterocycles. The van der Waals surface area contributed by atoms with E-state index in [1.807, 2.05) is 35.2 Å². The molecule has 0 bridgehead atoms. The third-order valence-corrected chi connectivity index (χ3v) is 5.08. The molecule has 1 aliphatic heterocycles. The second-order valence-electron chi connectivity index (χ2n) is 7.16. The number of morpholine rings is 1. The van der Waals surface area contributed by atoms with E-state index in [-0.39, 0.29) is 11.5 Å². The van der Waals surface area contributed by atoms with Crippen molar-refractivity contribution in [1.29, 1.82) is 0 Å². The molecule has 0 saturated carbocycles. The maximum Gasteiger partial charge on any atom is 0.328 e. The molecule has 0 radical (unpaired) electrons. The molecule has 154 valence electrons. The SMILES string of the molecule is CN(Cc1ccc2c(c1)n(C)c(=O)n2C)Nc1ncc(F)c(N2CCOCC2)n1. The number of hydrazine groups is 1. The zero-order valence-corrected chi connectivity index (χ0v) is 16.7. The number of fused-ring (bicyclic) bond motifs is 1. The summed E-state index contributed by atoms with van der Waals surface area (Å²) in [5, 5.41) is 1.82. The number of hydrogen-bond donors (Lipinski definition) is 1. The van der Waals surface area contributed by atoms with Crippen LogP contribution in [0.25, 0.3) is 11.0 Å². The molecule has 9 nitrogen and oxygen atoms in total. The predicted molar refractivity (Wildman–Crippen MR) is 108 cm³/mol. The molecular weight excluding hydrogens is 377 g/mol. The summed E-state index contributed by atoms with van der Waals surface area (Å²) < 4.78 is 22.8. The fraction of sp³-hybridized carbons (Fsp3) is 0.421. The van der Waals surface area contributed by atoms with E-state index in [0.29, 0.717) is 38.8 Å². The molecule has 0 atom stereocenters. The second-order valence-corrected chi connectivity index (χ2v) is 7.16. The van der Waals surface area contributed by atoms with Crippen molar-refractivity contribution in [3.05, 3.63) is 46.3 Å². The Morgan fingerprint density at radius 3 is 2.69 bits per heavy atom. The number of ether oxygens (including phenoxy) is 1. The Hall–Kier alpha value is -2.98. The van der Waals surface area contributed by atoms with Crippen molar-refractivity contribution in [2.45, 2.75) is 6.54 Å². The van der Waals surface area contributed by atoms with Crippen LogP contribution in [0.5, 0.6) is 0 Å². The highest BCUT2D eigenvalue weighted by molar-refractivity contribution is 5.76. The van der Waals surface area contributed by atoms with Crippen molar-refractivity contribution >= 4 is 22.8 Å². The fourth-order valence-electron chi connectivity index (χ4n) is 3.54. The minimum Gasteiger partial charge on any atom is -0.378 e. The fourth-order valence-corrected chi connectivity index (χ4v) is 3.54. The molecule has 3 heterocycles. The summed E-state index contributed by atoms with van der Waals surface area (Å²) in [6.07, 6.45) is 1.18. The molecule has 1 fully saturated rings. The topological polar surface area (TPSA) is 80.5 Å². The third kappa shape index (κ3) is 3.81. The molecule has 2 aromatic heterocycles. The molecule has 4 rings (SSSR count). The minimum atomic E-state index is -0.449. The number of hydrogen-bond acceptors (Lipinski definition) is 7. The van der Waals surface area contributed by atoms with Gasteiger partial charge in [-0.3, -0.25) is 14.6 Å². The van der Waals surface area contributed by atoms with Gasteiger partial charge in [-0.25, -0.2) is 19.2 Å². The third-order valence-electron chi connectivity index (χ3n) is 5.08. The normalized spacial score (nSPS) is 14.7. The van der Waals surface area contributed by atoms with Gasteiger partial charge in [0.25, 0.3) is 0 Å². The van der Waals surface area contributed by atoms with Gasteiger partial charge in [-0.05, 0) is 17.7 Å². The van der Waals surface area contributed by atoms with Gasteiger partial charge in [0, 0.05) is 40.8 Å². The molecule has 29 heavy (non-hydrogen) atoms. The lowest BCUT2D eigenvalue weighted by molar-refractivity contribution is 0.122. The first-order chi connectivity index (χ1) is 13.9. The van der Waals surface area contributed by atoms with E-state index in [1.54, 1.807) is 23.2 Å². The van der Waals surface area contributed by atoms with E-state index >= 15 is 0 Å². The number of benzene rings is 1. The Bertz CT molecular complexity index is 1090. The lowest BCUT2D eigenvalue weighted by Gasteiger charge is -2.28. The van der Waals surface area contributed by atoms with Gasteiger partial charge in [-0.1, -0.05) is 6.07 Å². The van der Waals surface area contributed by atoms with Crippen LogP contribution in [0.4, 0.5) is 16.2 Å². The Morgan fingerprint density at radius 2 is 1.93 bits per heavy atom. The van der Waals surface area contributed by atoms with Crippen molar-refractivity contribution < 1.29 is 9.13 Å². The van der Waals surface area contributed by atoms with Crippen LogP contribution in [0, 0.1) is 5.82 Å². The molecule has 1 aromatic carbocycles. The first-order valence-corrected chi connectivity index (χ1v) is 9.41. The monoisotopic (exact) mass is 401 g/mol. The van der Waals surface area contributed by atoms with Gasteiger partial charge < -0.3 is 9.64 Å². The van der Waals surface area contributed by atoms with Crippen LogP contribution in [-0.2, 0) is 25.4 Å². The van der Waals surface area contributed by atoms with Crippen LogP contribution in [0.3, 0.4) is 0 Å². The second kappa shape index (κ2) is 7.80. The number of rotatable bonds is 5. The molecule has 3 aromatic rings. The Labute approximate surface area is 167 Å². The highest BCUT2D eigenvalue weighted by atomic mass is 19.1. The number of aromatic nitrogens is 4. The van der Waals surface area contributed by atoms with E-state index in [0.717, 1.165) is 16.6 Å². The maximum atomic E-state index is 14.2. The Morgan fingerprint density at radius 1 is 1.21 bits per heavy atom. The van der Waals surface area contributed by atoms with Crippen LogP contribution in [0.1, 0.15) is 5.56 Å². The van der Waals surface area contributed by atoms with Gasteiger partial charge in [-0.15, -0.1) is 0 Å². The van der Waals surface area contributed by atoms with Crippen molar-refractivity contribution in [3.63, 3.8) is 0 Å². The first-order valence-electron chi connectivity index (χ1n) is 9.41. The highest BCUT2D eigenvalue weighted by Crippen LogP contribution is 2.19. The molecule has 0 unspecified atom stereocenters. The number of imidazole rings is 1. The lowest BCUT2D eigenvalue weighted by atomic mass is 10.2. The molecule has 1 N–H and O–H groups in total. The number of halogens is 1. The van der Waals surface area contributed by atoms with E-state index in [2.05, 4.69) is 15.4 Å². The maximum absolute atomic E-state index is 14.2. The van der Waals surface area contributed by atoms with E-state index in [1.165, 1.54) is 6.20 Å². The molecule has 0 amide bonds. The molecule has 0 aliphatic carbocycles. The highest BCUT2D eigenvalue weighted by Gasteiger charge is 2.18. The summed E-state index contributed by atoms with van der Waals surface area (Å²) in [5.74, 6) is 0.152. The van der Waals surface area contributed by atoms with Crippen molar-refractivity contribution in [3.8, 4) is 0 Å². The molecule has 0 spiro atoms. The summed E-state index contributed by atoms with van der Waals surface area (Å²) >= 11 is 0. The predicted octanol–water partition coefficient (Wildman–Crippen LogP) is 1.10. The van der Waals surface area contributed by atoms with E-state index in [9.17, 15) is 9.18 Å². The molecule has 10 heteroatoms. The number of aryl methyl sites for hydroxylation is 2. The largest absolute Gasteiger partial charge is 0.378 e. The zero-order valence-electron chi connectivity index (χ0n) is 16.7. The average Bonchev–Trinajstić information content (AvgIpc) is 2.94. The number of nitrogens with zero attached hydrogens (tertiary/aromatic N) is 6. The Balaban J connectivity index is 1.50. The molecular formula is C19H24FN7O2. The average molecular weight is 401 g/mol. The van der Waals surface area contributed by atoms with Gasteiger partial charge in [-0.2, -0.15) is 4.98 Å². The quantitative estimate of drug-likeness (QED) is 0.642. The number of anilines is 2. The van der Waals surface area contributed by atoms with E-state index in [4.69, 9.17) is 4.74 Å². The summed E-state index contributed by atoms with van der Waals surface area (Å²) in [6.45, 7) is 2.85. The van der Waals surface area contributed by atoms with Crippen LogP contribution in [0.2, 0.25) is 0 Å². The standard InChI is InChI=1S/C19H24FN7O2/c1-24(12-13-4-5-15-16(10-13)26(3)19(28)25(15)2)23-18-21-11-14(20)17(22-18)27-6-8-29-9-7-27/h4-5,10-11H,6-9,12H2,1-3H3,(H,21,22,23). The van der Waals surface area contributed by atoms with Crippen LogP contribution in [-0.4, -0.2) is 57.5 Å². The van der Waals surface area contributed by atoms with Gasteiger partial charge in [0.1, 0.15) is 0 Å². The van der Waals surface area contributed by atoms with Crippen LogP contribution >= 0.6 is 0 Å². The van der Waals surface area contributed by atoms with Gasteiger partial charge in [0.05, 0.1) is 30.4 Å². The van der Waals surface area contributed by atoms with Gasteiger partial charge in [0.15, 0.2) is 11.6 Å². The van der Waals surface area contributed by atoms with E-state index < -0.39 is 5.82 Å². The lowest BCUT2D eigenvalue weighted by Crippen LogP contribution is -2.37. The molecule has 1 aliphatic rings. The summed E-state index contributed by atoms with van der Waals surface area (Å²) in [7, 11) is 5.38. The summed E-state index contributed by atoms with van der Waals surface area (Å²) in [6, 6.07) is 5.90. The first kappa shape index (κ1) is 19.3. The van der Waals surface area contributed by atoms with Crippen molar-refractivity contribution in [2.75, 3.05) is 43.7 Å². The van der Waals surface area contributed by atoms with Gasteiger partial charge >= 0.3 is 5.69 Å². The van der Waals surface area contributed by atoms with Crippen molar-refractivity contribution in [2.24, 2.45) is 14.1 Å². The van der Waals surface area contributed by atoms with Crippen LogP contribution < -0.4 is 16.0 Å². The Kier molecular flexibility index (Phi) is 5.20. The zero-order chi connectivity index (χ0) is 20.5. The van der Waals surface area contributed by atoms with Gasteiger partial charge in [0.2, 0.25) is 5.95 Å². The number of nitrogens with one attached hydrogen (secondary N) is 1. The smallest absolute Gasteiger partial charge is 0.328 e.